The molecule has 9 nitrogen and oxygen atoms in total. The van der Waals surface area contributed by atoms with Crippen LogP contribution < -0.4 is 20.8 Å². The van der Waals surface area contributed by atoms with Crippen LogP contribution in [-0.2, 0) is 4.79 Å². The minimum absolute atomic E-state index is 0.0436. The van der Waals surface area contributed by atoms with Gasteiger partial charge in [-0.15, -0.1) is 0 Å². The first-order valence-electron chi connectivity index (χ1n) is 8.61. The number of aromatic amines is 1. The third-order valence-corrected chi connectivity index (χ3v) is 5.33. The first kappa shape index (κ1) is 18.0. The van der Waals surface area contributed by atoms with Crippen LogP contribution in [0.3, 0.4) is 0 Å². The van der Waals surface area contributed by atoms with Crippen LogP contribution in [0.25, 0.3) is 0 Å². The molecule has 3 rings (SSSR count). The van der Waals surface area contributed by atoms with Gasteiger partial charge >= 0.3 is 6.03 Å². The molecule has 0 aliphatic carbocycles. The number of H-pyrrole nitrogens is 1. The summed E-state index contributed by atoms with van der Waals surface area (Å²) in [5, 5.41) is 5.08. The van der Waals surface area contributed by atoms with Gasteiger partial charge in [0.2, 0.25) is 5.43 Å². The Kier molecular flexibility index (Phi) is 4.71. The Morgan fingerprint density at radius 1 is 1.31 bits per heavy atom. The normalized spacial score (nSPS) is 23.5. The van der Waals surface area contributed by atoms with Crippen LogP contribution in [-0.4, -0.2) is 53.5 Å². The summed E-state index contributed by atoms with van der Waals surface area (Å²) >= 11 is 0. The van der Waals surface area contributed by atoms with Gasteiger partial charge in [0.25, 0.3) is 11.8 Å². The van der Waals surface area contributed by atoms with E-state index in [1.54, 1.807) is 4.90 Å². The SMILES string of the molecule is CC[C@@]1(C2CCN(C(=O)c3cc(=O)c(OC)c[nH]3)CC2)NC(=O)NC1=O. The van der Waals surface area contributed by atoms with E-state index in [0.29, 0.717) is 32.4 Å². The van der Waals surface area contributed by atoms with Crippen LogP contribution >= 0.6 is 0 Å². The molecular formula is C17H22N4O5. The molecule has 0 aromatic carbocycles. The van der Waals surface area contributed by atoms with E-state index in [4.69, 9.17) is 4.74 Å². The third-order valence-electron chi connectivity index (χ3n) is 5.33. The van der Waals surface area contributed by atoms with Crippen molar-refractivity contribution in [1.29, 1.82) is 0 Å². The van der Waals surface area contributed by atoms with E-state index in [1.807, 2.05) is 6.92 Å². The molecule has 2 aliphatic rings. The summed E-state index contributed by atoms with van der Waals surface area (Å²) in [6.07, 6.45) is 3.04. The van der Waals surface area contributed by atoms with E-state index in [1.165, 1.54) is 19.4 Å². The maximum Gasteiger partial charge on any atom is 0.322 e. The highest BCUT2D eigenvalue weighted by Gasteiger charge is 2.51. The maximum atomic E-state index is 12.6. The number of amides is 4. The second-order valence-corrected chi connectivity index (χ2v) is 6.58. The molecule has 1 aromatic rings. The number of nitrogens with zero attached hydrogens (tertiary/aromatic N) is 1. The number of likely N-dealkylation sites (tertiary alicyclic amines) is 1. The molecule has 9 heteroatoms. The number of imide groups is 1. The number of nitrogens with one attached hydrogen (secondary N) is 3. The highest BCUT2D eigenvalue weighted by molar-refractivity contribution is 6.07. The summed E-state index contributed by atoms with van der Waals surface area (Å²) in [5.74, 6) is -0.464. The molecule has 1 aromatic heterocycles. The fraction of sp³-hybridized carbons (Fsp3) is 0.529. The van der Waals surface area contributed by atoms with E-state index in [2.05, 4.69) is 15.6 Å². The highest BCUT2D eigenvalue weighted by Crippen LogP contribution is 2.33. The molecule has 0 spiro atoms. The van der Waals surface area contributed by atoms with Crippen molar-refractivity contribution in [2.75, 3.05) is 20.2 Å². The average Bonchev–Trinajstić information content (AvgIpc) is 2.95. The Balaban J connectivity index is 1.69. The van der Waals surface area contributed by atoms with Crippen molar-refractivity contribution in [3.8, 4) is 5.75 Å². The number of hydrogen-bond acceptors (Lipinski definition) is 5. The van der Waals surface area contributed by atoms with Crippen molar-refractivity contribution in [2.24, 2.45) is 5.92 Å². The number of carbonyl (C=O) groups excluding carboxylic acids is 3. The fourth-order valence-electron chi connectivity index (χ4n) is 3.82. The van der Waals surface area contributed by atoms with Crippen LogP contribution in [0.5, 0.6) is 5.75 Å². The molecule has 26 heavy (non-hydrogen) atoms. The van der Waals surface area contributed by atoms with Gasteiger partial charge < -0.3 is 19.9 Å². The van der Waals surface area contributed by atoms with Gasteiger partial charge in [-0.1, -0.05) is 6.92 Å². The number of hydrogen-bond donors (Lipinski definition) is 3. The topological polar surface area (TPSA) is 121 Å². The number of aromatic nitrogens is 1. The number of urea groups is 1. The quantitative estimate of drug-likeness (QED) is 0.662. The van der Waals surface area contributed by atoms with Crippen LogP contribution in [0.1, 0.15) is 36.7 Å². The fourth-order valence-corrected chi connectivity index (χ4v) is 3.82. The molecule has 0 saturated carbocycles. The van der Waals surface area contributed by atoms with E-state index >= 15 is 0 Å². The summed E-state index contributed by atoms with van der Waals surface area (Å²) in [6, 6.07) is 0.761. The number of ether oxygens (including phenoxy) is 1. The number of carbonyl (C=O) groups is 3. The van der Waals surface area contributed by atoms with Gasteiger partial charge in [-0.05, 0) is 25.2 Å². The van der Waals surface area contributed by atoms with Crippen molar-refractivity contribution in [1.82, 2.24) is 20.5 Å². The predicted molar refractivity (Wildman–Crippen MR) is 91.9 cm³/mol. The summed E-state index contributed by atoms with van der Waals surface area (Å²) in [6.45, 7) is 2.76. The molecule has 1 atom stereocenters. The van der Waals surface area contributed by atoms with E-state index < -0.39 is 11.6 Å². The molecule has 2 aliphatic heterocycles. The number of pyridine rings is 1. The smallest absolute Gasteiger partial charge is 0.322 e. The summed E-state index contributed by atoms with van der Waals surface area (Å²) in [7, 11) is 1.39. The monoisotopic (exact) mass is 362 g/mol. The minimum atomic E-state index is -0.902. The Morgan fingerprint density at radius 3 is 2.50 bits per heavy atom. The average molecular weight is 362 g/mol. The molecule has 0 bridgehead atoms. The first-order valence-corrected chi connectivity index (χ1v) is 8.61. The lowest BCUT2D eigenvalue weighted by Gasteiger charge is -2.40. The molecule has 2 saturated heterocycles. The Labute approximate surface area is 150 Å². The Morgan fingerprint density at radius 2 is 2.00 bits per heavy atom. The van der Waals surface area contributed by atoms with Gasteiger partial charge in [0.1, 0.15) is 11.2 Å². The van der Waals surface area contributed by atoms with Crippen molar-refractivity contribution in [3.05, 3.63) is 28.2 Å². The van der Waals surface area contributed by atoms with E-state index in [9.17, 15) is 19.2 Å². The molecule has 140 valence electrons. The zero-order valence-corrected chi connectivity index (χ0v) is 14.8. The molecule has 0 radical (unpaired) electrons. The van der Waals surface area contributed by atoms with Gasteiger partial charge in [-0.25, -0.2) is 4.79 Å². The summed E-state index contributed by atoms with van der Waals surface area (Å²) in [4.78, 5) is 52.7. The first-order chi connectivity index (χ1) is 12.4. The molecule has 3 heterocycles. The van der Waals surface area contributed by atoms with Gasteiger partial charge in [-0.2, -0.15) is 0 Å². The lowest BCUT2D eigenvalue weighted by molar-refractivity contribution is -0.126. The summed E-state index contributed by atoms with van der Waals surface area (Å²) < 4.78 is 4.90. The van der Waals surface area contributed by atoms with Gasteiger partial charge in [-0.3, -0.25) is 19.7 Å². The van der Waals surface area contributed by atoms with Crippen molar-refractivity contribution < 1.29 is 19.1 Å². The molecule has 2 fully saturated rings. The lowest BCUT2D eigenvalue weighted by Crippen LogP contribution is -2.56. The van der Waals surface area contributed by atoms with Gasteiger partial charge in [0.05, 0.1) is 7.11 Å². The summed E-state index contributed by atoms with van der Waals surface area (Å²) in [5.41, 5.74) is -1.06. The zero-order chi connectivity index (χ0) is 18.9. The predicted octanol–water partition coefficient (Wildman–Crippen LogP) is 0.224. The minimum Gasteiger partial charge on any atom is -0.491 e. The second-order valence-electron chi connectivity index (χ2n) is 6.58. The maximum absolute atomic E-state index is 12.6. The molecular weight excluding hydrogens is 340 g/mol. The highest BCUT2D eigenvalue weighted by atomic mass is 16.5. The van der Waals surface area contributed by atoms with Crippen molar-refractivity contribution in [3.63, 3.8) is 0 Å². The van der Waals surface area contributed by atoms with E-state index in [0.717, 1.165) is 0 Å². The number of methoxy groups -OCH3 is 1. The lowest BCUT2D eigenvalue weighted by atomic mass is 9.76. The van der Waals surface area contributed by atoms with Crippen LogP contribution in [0.15, 0.2) is 17.1 Å². The van der Waals surface area contributed by atoms with Crippen LogP contribution in [0.4, 0.5) is 4.79 Å². The number of piperidine rings is 1. The van der Waals surface area contributed by atoms with Crippen LogP contribution in [0.2, 0.25) is 0 Å². The zero-order valence-electron chi connectivity index (χ0n) is 14.8. The van der Waals surface area contributed by atoms with Gasteiger partial charge in [0, 0.05) is 25.4 Å². The van der Waals surface area contributed by atoms with Crippen molar-refractivity contribution in [2.45, 2.75) is 31.7 Å². The molecule has 3 N–H and O–H groups in total. The Bertz CT molecular complexity index is 797. The molecule has 0 unspecified atom stereocenters. The van der Waals surface area contributed by atoms with E-state index in [-0.39, 0.29) is 34.6 Å². The largest absolute Gasteiger partial charge is 0.491 e. The standard InChI is InChI=1S/C17H22N4O5/c1-3-17(15(24)19-16(25)20-17)10-4-6-21(7-5-10)14(23)11-8-12(22)13(26-2)9-18-11/h8-10H,3-7H2,1-2H3,(H,18,22)(H2,19,20,24,25)/t17-/m0/s1. The van der Waals surface area contributed by atoms with Crippen molar-refractivity contribution >= 4 is 17.8 Å². The number of rotatable bonds is 4. The molecule has 4 amide bonds. The second kappa shape index (κ2) is 6.81. The van der Waals surface area contributed by atoms with Crippen LogP contribution in [0, 0.1) is 5.92 Å². The Hall–Kier alpha value is -2.84. The van der Waals surface area contributed by atoms with Gasteiger partial charge in [0.15, 0.2) is 5.75 Å². The third kappa shape index (κ3) is 2.93.